The van der Waals surface area contributed by atoms with Crippen LogP contribution in [0.25, 0.3) is 0 Å². The van der Waals surface area contributed by atoms with E-state index in [1.54, 1.807) is 0 Å². The molecule has 0 radical (unpaired) electrons. The molecule has 0 amide bonds. The zero-order valence-electron chi connectivity index (χ0n) is 49.6. The van der Waals surface area contributed by atoms with Crippen LogP contribution in [0.15, 0.2) is 48.6 Å². The number of carbonyl (C=O) groups is 3. The Labute approximate surface area is 460 Å². The number of unbranched alkanes of at least 4 members (excludes halogenated alkanes) is 41. The molecule has 0 N–H and O–H groups in total. The lowest BCUT2D eigenvalue weighted by molar-refractivity contribution is -0.167. The van der Waals surface area contributed by atoms with Crippen molar-refractivity contribution in [3.05, 3.63) is 48.6 Å². The molecule has 1 unspecified atom stereocenters. The maximum atomic E-state index is 12.9. The van der Waals surface area contributed by atoms with Gasteiger partial charge in [0.2, 0.25) is 0 Å². The molecule has 0 aliphatic rings. The van der Waals surface area contributed by atoms with E-state index in [0.29, 0.717) is 19.3 Å². The maximum absolute atomic E-state index is 12.9. The molecule has 74 heavy (non-hydrogen) atoms. The smallest absolute Gasteiger partial charge is 0.306 e. The van der Waals surface area contributed by atoms with Gasteiger partial charge in [-0.05, 0) is 77.0 Å². The van der Waals surface area contributed by atoms with Crippen LogP contribution in [0.5, 0.6) is 0 Å². The molecule has 0 spiro atoms. The van der Waals surface area contributed by atoms with Gasteiger partial charge in [-0.15, -0.1) is 0 Å². The summed E-state index contributed by atoms with van der Waals surface area (Å²) in [5.74, 6) is -0.874. The molecule has 0 aliphatic heterocycles. The van der Waals surface area contributed by atoms with Crippen LogP contribution < -0.4 is 0 Å². The summed E-state index contributed by atoms with van der Waals surface area (Å²) in [7, 11) is 0. The van der Waals surface area contributed by atoms with Crippen molar-refractivity contribution in [3.8, 4) is 0 Å². The van der Waals surface area contributed by atoms with Crippen molar-refractivity contribution in [2.24, 2.45) is 0 Å². The normalized spacial score (nSPS) is 12.3. The third-order valence-electron chi connectivity index (χ3n) is 14.6. The highest BCUT2D eigenvalue weighted by Gasteiger charge is 2.19. The molecule has 0 heterocycles. The van der Waals surface area contributed by atoms with E-state index in [9.17, 15) is 14.4 Å². The largest absolute Gasteiger partial charge is 0.462 e. The van der Waals surface area contributed by atoms with Crippen LogP contribution in [0.3, 0.4) is 0 Å². The minimum Gasteiger partial charge on any atom is -0.462 e. The first-order valence-electron chi connectivity index (χ1n) is 32.6. The van der Waals surface area contributed by atoms with Crippen LogP contribution in [0.4, 0.5) is 0 Å². The first-order chi connectivity index (χ1) is 36.5. The minimum absolute atomic E-state index is 0.0762. The molecule has 0 aromatic heterocycles. The number of ether oxygens (including phenoxy) is 3. The predicted molar refractivity (Wildman–Crippen MR) is 321 cm³/mol. The molecule has 1 atom stereocenters. The van der Waals surface area contributed by atoms with Gasteiger partial charge in [-0.3, -0.25) is 14.4 Å². The van der Waals surface area contributed by atoms with E-state index in [4.69, 9.17) is 14.2 Å². The number of allylic oxidation sites excluding steroid dienone is 8. The highest BCUT2D eigenvalue weighted by molar-refractivity contribution is 5.71. The van der Waals surface area contributed by atoms with Crippen molar-refractivity contribution in [2.45, 2.75) is 354 Å². The van der Waals surface area contributed by atoms with E-state index in [2.05, 4.69) is 69.4 Å². The molecule has 0 bridgehead atoms. The fourth-order valence-electron chi connectivity index (χ4n) is 9.69. The second kappa shape index (κ2) is 62.9. The highest BCUT2D eigenvalue weighted by atomic mass is 16.6. The Balaban J connectivity index is 4.28. The molecule has 0 aromatic rings. The summed E-state index contributed by atoms with van der Waals surface area (Å²) in [6.07, 6.45) is 78.4. The minimum atomic E-state index is -0.781. The third-order valence-corrected chi connectivity index (χ3v) is 14.6. The average Bonchev–Trinajstić information content (AvgIpc) is 3.40. The van der Waals surface area contributed by atoms with Crippen LogP contribution in [-0.2, 0) is 28.6 Å². The number of hydrogen-bond acceptors (Lipinski definition) is 6. The van der Waals surface area contributed by atoms with Crippen LogP contribution in [0.2, 0.25) is 0 Å². The van der Waals surface area contributed by atoms with Crippen molar-refractivity contribution in [1.29, 1.82) is 0 Å². The number of rotatable bonds is 60. The topological polar surface area (TPSA) is 78.9 Å². The van der Waals surface area contributed by atoms with Gasteiger partial charge in [0.15, 0.2) is 6.10 Å². The Morgan fingerprint density at radius 2 is 0.527 bits per heavy atom. The van der Waals surface area contributed by atoms with E-state index >= 15 is 0 Å². The predicted octanol–water partition coefficient (Wildman–Crippen LogP) is 22.2. The van der Waals surface area contributed by atoms with E-state index in [1.807, 2.05) is 0 Å². The van der Waals surface area contributed by atoms with Crippen LogP contribution in [-0.4, -0.2) is 37.2 Å². The van der Waals surface area contributed by atoms with Gasteiger partial charge in [-0.25, -0.2) is 0 Å². The quantitative estimate of drug-likeness (QED) is 0.0261. The Hall–Kier alpha value is -2.63. The van der Waals surface area contributed by atoms with Crippen molar-refractivity contribution in [2.75, 3.05) is 13.2 Å². The number of esters is 3. The van der Waals surface area contributed by atoms with E-state index in [0.717, 1.165) is 89.9 Å². The summed E-state index contributed by atoms with van der Waals surface area (Å²) in [4.78, 5) is 38.3. The zero-order chi connectivity index (χ0) is 53.6. The fourth-order valence-corrected chi connectivity index (χ4v) is 9.69. The Morgan fingerprint density at radius 3 is 0.838 bits per heavy atom. The zero-order valence-corrected chi connectivity index (χ0v) is 49.6. The molecular weight excluding hydrogens is 913 g/mol. The van der Waals surface area contributed by atoms with Gasteiger partial charge < -0.3 is 14.2 Å². The van der Waals surface area contributed by atoms with Crippen LogP contribution in [0, 0.1) is 0 Å². The fraction of sp³-hybridized carbons (Fsp3) is 0.838. The maximum Gasteiger partial charge on any atom is 0.306 e. The Kier molecular flexibility index (Phi) is 60.7. The molecular formula is C68H124O6. The van der Waals surface area contributed by atoms with E-state index in [1.165, 1.54) is 218 Å². The summed E-state index contributed by atoms with van der Waals surface area (Å²) < 4.78 is 16.9. The summed E-state index contributed by atoms with van der Waals surface area (Å²) >= 11 is 0. The van der Waals surface area contributed by atoms with Crippen LogP contribution in [0.1, 0.15) is 348 Å². The summed E-state index contributed by atoms with van der Waals surface area (Å²) in [5, 5.41) is 0. The molecule has 0 saturated carbocycles. The van der Waals surface area contributed by atoms with Gasteiger partial charge in [-0.2, -0.15) is 0 Å². The van der Waals surface area contributed by atoms with Gasteiger partial charge in [0.05, 0.1) is 0 Å². The monoisotopic (exact) mass is 1040 g/mol. The van der Waals surface area contributed by atoms with E-state index in [-0.39, 0.29) is 31.1 Å². The van der Waals surface area contributed by atoms with Gasteiger partial charge >= 0.3 is 17.9 Å². The SMILES string of the molecule is CC/C=C\C/C=C\C/C=C\CCCCCCCCCC(=O)OC(COC(=O)CCCCCCC/C=C\CCCCCCCC)COC(=O)CCCCCCCCCCCCCCCCCCCCCCCCCC. The highest BCUT2D eigenvalue weighted by Crippen LogP contribution is 2.18. The number of carbonyl (C=O) groups excluding carboxylic acids is 3. The molecule has 6 heteroatoms. The third kappa shape index (κ3) is 60.2. The first-order valence-corrected chi connectivity index (χ1v) is 32.6. The van der Waals surface area contributed by atoms with Crippen molar-refractivity contribution in [3.63, 3.8) is 0 Å². The lowest BCUT2D eigenvalue weighted by Crippen LogP contribution is -2.30. The summed E-state index contributed by atoms with van der Waals surface area (Å²) in [6, 6.07) is 0. The molecule has 0 saturated heterocycles. The second-order valence-corrected chi connectivity index (χ2v) is 22.0. The standard InChI is InChI=1S/C68H124O6/c1-4-7-10-13-16-19-22-25-28-30-31-32-33-34-35-36-38-40-43-46-49-52-55-58-61-67(70)73-64-65(63-72-66(69)60-57-54-51-48-45-42-39-27-24-21-18-15-12-9-6-3)74-68(71)62-59-56-53-50-47-44-41-37-29-26-23-20-17-14-11-8-5-2/h8,11,17,20,26-27,29,39,65H,4-7,9-10,12-16,18-19,21-25,28,30-38,40-64H2,1-3H3/b11-8-,20-17-,29-26-,39-27-. The lowest BCUT2D eigenvalue weighted by atomic mass is 10.0. The second-order valence-electron chi connectivity index (χ2n) is 22.0. The van der Waals surface area contributed by atoms with Crippen molar-refractivity contribution < 1.29 is 28.6 Å². The Bertz CT molecular complexity index is 1280. The Morgan fingerprint density at radius 1 is 0.284 bits per heavy atom. The van der Waals surface area contributed by atoms with E-state index < -0.39 is 6.10 Å². The van der Waals surface area contributed by atoms with Gasteiger partial charge in [-0.1, -0.05) is 301 Å². The molecule has 0 aliphatic carbocycles. The lowest BCUT2D eigenvalue weighted by Gasteiger charge is -2.18. The van der Waals surface area contributed by atoms with Crippen molar-refractivity contribution >= 4 is 17.9 Å². The van der Waals surface area contributed by atoms with Crippen LogP contribution >= 0.6 is 0 Å². The van der Waals surface area contributed by atoms with Gasteiger partial charge in [0, 0.05) is 19.3 Å². The summed E-state index contributed by atoms with van der Waals surface area (Å²) in [5.41, 5.74) is 0. The van der Waals surface area contributed by atoms with Gasteiger partial charge in [0.1, 0.15) is 13.2 Å². The molecule has 6 nitrogen and oxygen atoms in total. The summed E-state index contributed by atoms with van der Waals surface area (Å²) in [6.45, 7) is 6.57. The molecule has 0 rings (SSSR count). The van der Waals surface area contributed by atoms with Gasteiger partial charge in [0.25, 0.3) is 0 Å². The first kappa shape index (κ1) is 71.4. The molecule has 432 valence electrons. The molecule has 0 aromatic carbocycles. The number of hydrogen-bond donors (Lipinski definition) is 0. The van der Waals surface area contributed by atoms with Crippen molar-refractivity contribution in [1.82, 2.24) is 0 Å². The average molecular weight is 1040 g/mol. The molecule has 0 fully saturated rings.